The third kappa shape index (κ3) is 5.60. The summed E-state index contributed by atoms with van der Waals surface area (Å²) in [5.74, 6) is 1.31. The van der Waals surface area contributed by atoms with E-state index in [0.717, 1.165) is 35.0 Å². The molecule has 1 aliphatic carbocycles. The van der Waals surface area contributed by atoms with Gasteiger partial charge in [0.1, 0.15) is 5.75 Å². The summed E-state index contributed by atoms with van der Waals surface area (Å²) in [4.78, 5) is 30.8. The Hall–Kier alpha value is -2.76. The van der Waals surface area contributed by atoms with Gasteiger partial charge in [0.05, 0.1) is 7.11 Å². The Morgan fingerprint density at radius 3 is 2.39 bits per heavy atom. The number of rotatable bonds is 8. The molecule has 2 aromatic rings. The fourth-order valence-corrected chi connectivity index (χ4v) is 5.18. The predicted molar refractivity (Wildman–Crippen MR) is 134 cm³/mol. The molecule has 2 N–H and O–H groups in total. The molecule has 3 rings (SSSR count). The van der Waals surface area contributed by atoms with Crippen LogP contribution in [0.15, 0.2) is 23.0 Å². The van der Waals surface area contributed by atoms with E-state index in [1.54, 1.807) is 13.2 Å². The van der Waals surface area contributed by atoms with Crippen LogP contribution in [0.5, 0.6) is 5.75 Å². The number of anilines is 1. The Morgan fingerprint density at radius 1 is 1.12 bits per heavy atom. The molecule has 0 aliphatic heterocycles. The molecular formula is C27H39N3O3. The van der Waals surface area contributed by atoms with Crippen LogP contribution in [0.3, 0.4) is 0 Å². The number of nitrogens with one attached hydrogen (secondary N) is 2. The first kappa shape index (κ1) is 24.9. The maximum absolute atomic E-state index is 13.2. The Kier molecular flexibility index (Phi) is 8.22. The topological polar surface area (TPSA) is 74.4 Å². The van der Waals surface area contributed by atoms with E-state index in [-0.39, 0.29) is 18.0 Å². The molecule has 33 heavy (non-hydrogen) atoms. The van der Waals surface area contributed by atoms with E-state index < -0.39 is 0 Å². The molecule has 0 atom stereocenters. The predicted octanol–water partition coefficient (Wildman–Crippen LogP) is 5.03. The van der Waals surface area contributed by atoms with Crippen molar-refractivity contribution in [2.24, 2.45) is 5.92 Å². The van der Waals surface area contributed by atoms with Crippen molar-refractivity contribution in [3.63, 3.8) is 0 Å². The smallest absolute Gasteiger partial charge is 0.253 e. The molecule has 1 aliphatic rings. The molecular weight excluding hydrogens is 414 g/mol. The normalized spacial score (nSPS) is 18.1. The molecule has 0 bridgehead atoms. The van der Waals surface area contributed by atoms with Gasteiger partial charge in [0, 0.05) is 47.7 Å². The second kappa shape index (κ2) is 10.9. The van der Waals surface area contributed by atoms with Crippen LogP contribution in [0.1, 0.15) is 78.7 Å². The molecule has 0 radical (unpaired) electrons. The molecule has 1 heterocycles. The largest absolute Gasteiger partial charge is 0.497 e. The molecule has 180 valence electrons. The van der Waals surface area contributed by atoms with Crippen molar-refractivity contribution in [2.75, 3.05) is 18.6 Å². The van der Waals surface area contributed by atoms with Crippen LogP contribution in [0.4, 0.5) is 5.69 Å². The van der Waals surface area contributed by atoms with Crippen molar-refractivity contribution < 1.29 is 9.53 Å². The van der Waals surface area contributed by atoms with Gasteiger partial charge >= 0.3 is 0 Å². The van der Waals surface area contributed by atoms with Crippen molar-refractivity contribution >= 4 is 11.6 Å². The minimum atomic E-state index is -0.197. The van der Waals surface area contributed by atoms with E-state index in [9.17, 15) is 9.59 Å². The van der Waals surface area contributed by atoms with E-state index >= 15 is 0 Å². The molecule has 6 heteroatoms. The molecule has 1 aromatic heterocycles. The van der Waals surface area contributed by atoms with Gasteiger partial charge in [-0.05, 0) is 82.6 Å². The number of hydrogen-bond acceptors (Lipinski definition) is 4. The maximum Gasteiger partial charge on any atom is 0.253 e. The lowest BCUT2D eigenvalue weighted by atomic mass is 9.83. The SMILES string of the molecule is CCC1CCC(N(CC)c2cc(OC)cc(C(=O)NCc3c(C)cc(C)[nH]c3=O)c2C)CC1. The van der Waals surface area contributed by atoms with Crippen LogP contribution in [0, 0.1) is 26.7 Å². The van der Waals surface area contributed by atoms with Crippen LogP contribution < -0.4 is 20.5 Å². The number of methoxy groups -OCH3 is 1. The summed E-state index contributed by atoms with van der Waals surface area (Å²) in [6.07, 6.45) is 6.14. The molecule has 0 saturated heterocycles. The number of pyridine rings is 1. The van der Waals surface area contributed by atoms with Gasteiger partial charge in [-0.25, -0.2) is 0 Å². The maximum atomic E-state index is 13.2. The second-order valence-corrected chi connectivity index (χ2v) is 9.31. The molecule has 0 unspecified atom stereocenters. The molecule has 1 amide bonds. The summed E-state index contributed by atoms with van der Waals surface area (Å²) >= 11 is 0. The van der Waals surface area contributed by atoms with Gasteiger partial charge in [0.2, 0.25) is 0 Å². The highest BCUT2D eigenvalue weighted by atomic mass is 16.5. The zero-order valence-electron chi connectivity index (χ0n) is 21.0. The average Bonchev–Trinajstić information content (AvgIpc) is 2.80. The van der Waals surface area contributed by atoms with Gasteiger partial charge in [-0.1, -0.05) is 13.3 Å². The summed E-state index contributed by atoms with van der Waals surface area (Å²) in [5, 5.41) is 2.95. The third-order valence-electron chi connectivity index (χ3n) is 7.24. The van der Waals surface area contributed by atoms with Gasteiger partial charge in [-0.15, -0.1) is 0 Å². The summed E-state index contributed by atoms with van der Waals surface area (Å²) in [7, 11) is 1.63. The number of aromatic nitrogens is 1. The number of H-pyrrole nitrogens is 1. The van der Waals surface area contributed by atoms with E-state index in [0.29, 0.717) is 22.9 Å². The number of amides is 1. The monoisotopic (exact) mass is 453 g/mol. The lowest BCUT2D eigenvalue weighted by Gasteiger charge is -2.39. The van der Waals surface area contributed by atoms with Crippen molar-refractivity contribution in [2.45, 2.75) is 79.3 Å². The number of carbonyl (C=O) groups is 1. The van der Waals surface area contributed by atoms with Gasteiger partial charge < -0.3 is 19.9 Å². The summed E-state index contributed by atoms with van der Waals surface area (Å²) in [5.41, 5.74) is 4.71. The molecule has 6 nitrogen and oxygen atoms in total. The highest BCUT2D eigenvalue weighted by Crippen LogP contribution is 2.36. The summed E-state index contributed by atoms with van der Waals surface area (Å²) in [6, 6.07) is 6.25. The highest BCUT2D eigenvalue weighted by molar-refractivity contribution is 5.97. The standard InChI is InChI=1S/C27H39N3O3/c1-7-20-9-11-21(12-10-20)30(8-2)25-15-22(33-6)14-23(19(25)5)26(31)28-16-24-17(3)13-18(4)29-27(24)32/h13-15,20-21H,7-12,16H2,1-6H3,(H,28,31)(H,29,32). The van der Waals surface area contributed by atoms with Crippen LogP contribution in [0.2, 0.25) is 0 Å². The summed E-state index contributed by atoms with van der Waals surface area (Å²) < 4.78 is 5.57. The van der Waals surface area contributed by atoms with Crippen molar-refractivity contribution in [1.29, 1.82) is 0 Å². The zero-order chi connectivity index (χ0) is 24.1. The van der Waals surface area contributed by atoms with Gasteiger partial charge in [-0.3, -0.25) is 9.59 Å². The number of nitrogens with zero attached hydrogens (tertiary/aromatic N) is 1. The quantitative estimate of drug-likeness (QED) is 0.588. The van der Waals surface area contributed by atoms with Crippen LogP contribution in [-0.4, -0.2) is 30.6 Å². The fourth-order valence-electron chi connectivity index (χ4n) is 5.18. The Balaban J connectivity index is 1.86. The number of aryl methyl sites for hydroxylation is 2. The number of benzene rings is 1. The Morgan fingerprint density at radius 2 is 1.82 bits per heavy atom. The Bertz CT molecular complexity index is 1040. The fraction of sp³-hybridized carbons (Fsp3) is 0.556. The highest BCUT2D eigenvalue weighted by Gasteiger charge is 2.27. The molecule has 0 spiro atoms. The van der Waals surface area contributed by atoms with Crippen LogP contribution in [0.25, 0.3) is 0 Å². The number of aromatic amines is 1. The third-order valence-corrected chi connectivity index (χ3v) is 7.24. The number of ether oxygens (including phenoxy) is 1. The van der Waals surface area contributed by atoms with Gasteiger partial charge in [0.15, 0.2) is 0 Å². The van der Waals surface area contributed by atoms with Crippen molar-refractivity contribution in [3.05, 3.63) is 56.5 Å². The number of hydrogen-bond donors (Lipinski definition) is 2. The van der Waals surface area contributed by atoms with E-state index in [1.807, 2.05) is 26.8 Å². The lowest BCUT2D eigenvalue weighted by molar-refractivity contribution is 0.0949. The lowest BCUT2D eigenvalue weighted by Crippen LogP contribution is -2.39. The van der Waals surface area contributed by atoms with Gasteiger partial charge in [0.25, 0.3) is 11.5 Å². The van der Waals surface area contributed by atoms with Crippen LogP contribution in [-0.2, 0) is 6.54 Å². The van der Waals surface area contributed by atoms with Crippen molar-refractivity contribution in [3.8, 4) is 5.75 Å². The first-order valence-corrected chi connectivity index (χ1v) is 12.2. The van der Waals surface area contributed by atoms with E-state index in [2.05, 4.69) is 35.1 Å². The van der Waals surface area contributed by atoms with Crippen molar-refractivity contribution in [1.82, 2.24) is 10.3 Å². The van der Waals surface area contributed by atoms with E-state index in [4.69, 9.17) is 4.74 Å². The Labute approximate surface area is 197 Å². The molecule has 1 saturated carbocycles. The second-order valence-electron chi connectivity index (χ2n) is 9.31. The van der Waals surface area contributed by atoms with E-state index in [1.165, 1.54) is 32.1 Å². The molecule has 1 fully saturated rings. The minimum Gasteiger partial charge on any atom is -0.497 e. The number of carbonyl (C=O) groups excluding carboxylic acids is 1. The van der Waals surface area contributed by atoms with Gasteiger partial charge in [-0.2, -0.15) is 0 Å². The zero-order valence-corrected chi connectivity index (χ0v) is 21.0. The minimum absolute atomic E-state index is 0.157. The van der Waals surface area contributed by atoms with Crippen LogP contribution >= 0.6 is 0 Å². The molecule has 1 aromatic carbocycles. The average molecular weight is 454 g/mol. The first-order valence-electron chi connectivity index (χ1n) is 12.2. The first-order chi connectivity index (χ1) is 15.8. The summed E-state index contributed by atoms with van der Waals surface area (Å²) in [6.45, 7) is 11.3.